The molecule has 0 saturated heterocycles. The van der Waals surface area contributed by atoms with Crippen molar-refractivity contribution in [3.05, 3.63) is 35.9 Å². The van der Waals surface area contributed by atoms with Crippen LogP contribution >= 0.6 is 0 Å². The lowest BCUT2D eigenvalue weighted by Crippen LogP contribution is -2.13. The third kappa shape index (κ3) is 3.50. The molecular weight excluding hydrogens is 252 g/mol. The maximum absolute atomic E-state index is 13.4. The number of ether oxygens (including phenoxy) is 1. The van der Waals surface area contributed by atoms with Gasteiger partial charge in [-0.3, -0.25) is 0 Å². The quantitative estimate of drug-likeness (QED) is 0.838. The average molecular weight is 263 g/mol. The van der Waals surface area contributed by atoms with E-state index in [2.05, 4.69) is 0 Å². The van der Waals surface area contributed by atoms with Gasteiger partial charge in [0.25, 0.3) is 0 Å². The van der Waals surface area contributed by atoms with Crippen molar-refractivity contribution in [2.75, 3.05) is 6.61 Å². The first kappa shape index (κ1) is 13.6. The summed E-state index contributed by atoms with van der Waals surface area (Å²) in [6.45, 7) is 1.71. The van der Waals surface area contributed by atoms with Crippen LogP contribution in [0.25, 0.3) is 0 Å². The van der Waals surface area contributed by atoms with Crippen molar-refractivity contribution in [2.45, 2.75) is 11.8 Å². The molecule has 0 aliphatic rings. The van der Waals surface area contributed by atoms with Crippen molar-refractivity contribution in [1.29, 1.82) is 0 Å². The molecule has 0 unspecified atom stereocenters. The van der Waals surface area contributed by atoms with Gasteiger partial charge >= 0.3 is 0 Å². The summed E-state index contributed by atoms with van der Waals surface area (Å²) in [5, 5.41) is 4.75. The van der Waals surface area contributed by atoms with Gasteiger partial charge in [-0.15, -0.1) is 0 Å². The molecule has 0 heterocycles. The van der Waals surface area contributed by atoms with Crippen molar-refractivity contribution >= 4 is 10.0 Å². The topological polar surface area (TPSA) is 69.4 Å². The van der Waals surface area contributed by atoms with Crippen LogP contribution in [0, 0.1) is 11.6 Å². The SMILES string of the molecule is C/C=C/COc1c(F)cc(S(N)(=O)=O)cc1F. The highest BCUT2D eigenvalue weighted by atomic mass is 32.2. The van der Waals surface area contributed by atoms with Crippen molar-refractivity contribution in [3.8, 4) is 5.75 Å². The zero-order valence-corrected chi connectivity index (χ0v) is 9.80. The molecule has 0 atom stereocenters. The summed E-state index contributed by atoms with van der Waals surface area (Å²) in [6.07, 6.45) is 3.20. The van der Waals surface area contributed by atoms with E-state index in [1.165, 1.54) is 0 Å². The number of rotatable bonds is 4. The monoisotopic (exact) mass is 263 g/mol. The first-order chi connectivity index (χ1) is 7.86. The lowest BCUT2D eigenvalue weighted by atomic mass is 10.3. The second kappa shape index (κ2) is 5.24. The van der Waals surface area contributed by atoms with E-state index in [0.717, 1.165) is 0 Å². The van der Waals surface area contributed by atoms with Crippen molar-refractivity contribution in [1.82, 2.24) is 0 Å². The molecule has 0 spiro atoms. The molecule has 0 radical (unpaired) electrons. The van der Waals surface area contributed by atoms with E-state index >= 15 is 0 Å². The number of benzene rings is 1. The molecular formula is C10H11F2NO3S. The van der Waals surface area contributed by atoms with Gasteiger partial charge in [0.15, 0.2) is 17.4 Å². The van der Waals surface area contributed by atoms with Crippen LogP contribution in [0.15, 0.2) is 29.2 Å². The minimum atomic E-state index is -4.14. The summed E-state index contributed by atoms with van der Waals surface area (Å²) in [5.41, 5.74) is 0. The summed E-state index contributed by atoms with van der Waals surface area (Å²) in [5.74, 6) is -2.85. The van der Waals surface area contributed by atoms with Gasteiger partial charge in [-0.2, -0.15) is 0 Å². The Labute approximate surface area is 97.7 Å². The molecule has 0 aromatic heterocycles. The van der Waals surface area contributed by atoms with Gasteiger partial charge in [-0.1, -0.05) is 12.2 Å². The molecule has 0 saturated carbocycles. The molecule has 0 aliphatic heterocycles. The van der Waals surface area contributed by atoms with Gasteiger partial charge in [0.1, 0.15) is 6.61 Å². The molecule has 0 fully saturated rings. The smallest absolute Gasteiger partial charge is 0.238 e. The number of allylic oxidation sites excluding steroid dienone is 1. The Balaban J connectivity index is 3.11. The van der Waals surface area contributed by atoms with Crippen LogP contribution in [0.2, 0.25) is 0 Å². The fourth-order valence-electron chi connectivity index (χ4n) is 1.07. The van der Waals surface area contributed by atoms with Crippen molar-refractivity contribution in [2.24, 2.45) is 5.14 Å². The summed E-state index contributed by atoms with van der Waals surface area (Å²) < 4.78 is 53.3. The van der Waals surface area contributed by atoms with E-state index in [0.29, 0.717) is 12.1 Å². The van der Waals surface area contributed by atoms with Crippen LogP contribution in [0.3, 0.4) is 0 Å². The van der Waals surface area contributed by atoms with Crippen LogP contribution in [0.1, 0.15) is 6.92 Å². The Morgan fingerprint density at radius 3 is 2.29 bits per heavy atom. The van der Waals surface area contributed by atoms with E-state index in [4.69, 9.17) is 9.88 Å². The molecule has 1 rings (SSSR count). The number of primary sulfonamides is 1. The van der Waals surface area contributed by atoms with E-state index in [-0.39, 0.29) is 6.61 Å². The largest absolute Gasteiger partial charge is 0.483 e. The fraction of sp³-hybridized carbons (Fsp3) is 0.200. The normalized spacial score (nSPS) is 12.0. The summed E-state index contributed by atoms with van der Waals surface area (Å²) in [4.78, 5) is -0.633. The Morgan fingerprint density at radius 2 is 1.88 bits per heavy atom. The highest BCUT2D eigenvalue weighted by molar-refractivity contribution is 7.89. The zero-order valence-electron chi connectivity index (χ0n) is 8.98. The van der Waals surface area contributed by atoms with Gasteiger partial charge in [-0.05, 0) is 19.1 Å². The van der Waals surface area contributed by atoms with Crippen LogP contribution < -0.4 is 9.88 Å². The van der Waals surface area contributed by atoms with Crippen molar-refractivity contribution < 1.29 is 21.9 Å². The molecule has 94 valence electrons. The van der Waals surface area contributed by atoms with Gasteiger partial charge in [-0.25, -0.2) is 22.3 Å². The molecule has 2 N–H and O–H groups in total. The highest BCUT2D eigenvalue weighted by Crippen LogP contribution is 2.24. The van der Waals surface area contributed by atoms with Gasteiger partial charge in [0, 0.05) is 0 Å². The zero-order chi connectivity index (χ0) is 13.1. The first-order valence-electron chi connectivity index (χ1n) is 4.62. The Bertz CT molecular complexity index is 517. The van der Waals surface area contributed by atoms with Crippen LogP contribution in [-0.2, 0) is 10.0 Å². The van der Waals surface area contributed by atoms with Gasteiger partial charge < -0.3 is 4.74 Å². The van der Waals surface area contributed by atoms with E-state index in [1.807, 2.05) is 0 Å². The van der Waals surface area contributed by atoms with Gasteiger partial charge in [0.2, 0.25) is 10.0 Å². The summed E-state index contributed by atoms with van der Waals surface area (Å²) >= 11 is 0. The highest BCUT2D eigenvalue weighted by Gasteiger charge is 2.17. The molecule has 7 heteroatoms. The third-order valence-electron chi connectivity index (χ3n) is 1.86. The first-order valence-corrected chi connectivity index (χ1v) is 6.16. The van der Waals surface area contributed by atoms with E-state index < -0.39 is 32.3 Å². The lowest BCUT2D eigenvalue weighted by molar-refractivity contribution is 0.319. The van der Waals surface area contributed by atoms with Crippen molar-refractivity contribution in [3.63, 3.8) is 0 Å². The predicted molar refractivity (Wildman–Crippen MR) is 58.0 cm³/mol. The molecule has 0 aliphatic carbocycles. The van der Waals surface area contributed by atoms with Gasteiger partial charge in [0.05, 0.1) is 4.90 Å². The second-order valence-electron chi connectivity index (χ2n) is 3.14. The molecule has 17 heavy (non-hydrogen) atoms. The lowest BCUT2D eigenvalue weighted by Gasteiger charge is -2.07. The molecule has 0 amide bonds. The fourth-order valence-corrected chi connectivity index (χ4v) is 1.60. The van der Waals surface area contributed by atoms with E-state index in [1.54, 1.807) is 19.1 Å². The Kier molecular flexibility index (Phi) is 4.19. The summed E-state index contributed by atoms with van der Waals surface area (Å²) in [6, 6.07) is 1.23. The number of halogens is 2. The molecule has 0 bridgehead atoms. The summed E-state index contributed by atoms with van der Waals surface area (Å²) in [7, 11) is -4.14. The molecule has 1 aromatic rings. The number of nitrogens with two attached hydrogens (primary N) is 1. The standard InChI is InChI=1S/C10H11F2NO3S/c1-2-3-4-16-10-8(11)5-7(6-9(10)12)17(13,14)15/h2-3,5-6H,4H2,1H3,(H2,13,14,15)/b3-2+. The van der Waals surface area contributed by atoms with Crippen LogP contribution in [-0.4, -0.2) is 15.0 Å². The van der Waals surface area contributed by atoms with Crippen LogP contribution in [0.4, 0.5) is 8.78 Å². The number of hydrogen-bond acceptors (Lipinski definition) is 3. The third-order valence-corrected chi connectivity index (χ3v) is 2.75. The Morgan fingerprint density at radius 1 is 1.35 bits per heavy atom. The molecule has 4 nitrogen and oxygen atoms in total. The Hall–Kier alpha value is -1.47. The van der Waals surface area contributed by atoms with Crippen LogP contribution in [0.5, 0.6) is 5.75 Å². The van der Waals surface area contributed by atoms with E-state index in [9.17, 15) is 17.2 Å². The minimum absolute atomic E-state index is 0.0148. The average Bonchev–Trinajstić information content (AvgIpc) is 2.20. The maximum Gasteiger partial charge on any atom is 0.238 e. The maximum atomic E-state index is 13.4. The molecule has 1 aromatic carbocycles. The second-order valence-corrected chi connectivity index (χ2v) is 4.70. The number of sulfonamides is 1. The predicted octanol–water partition coefficient (Wildman–Crippen LogP) is 1.57. The minimum Gasteiger partial charge on any atom is -0.483 e. The number of hydrogen-bond donors (Lipinski definition) is 1.